The highest BCUT2D eigenvalue weighted by Gasteiger charge is 2.24. The number of nitrogen functional groups attached to an aromatic ring is 1. The maximum absolute atomic E-state index is 14.2. The van der Waals surface area contributed by atoms with Gasteiger partial charge in [0.05, 0.1) is 34.9 Å². The molecule has 38 heavy (non-hydrogen) atoms. The van der Waals surface area contributed by atoms with Gasteiger partial charge >= 0.3 is 0 Å². The molecule has 0 aliphatic rings. The summed E-state index contributed by atoms with van der Waals surface area (Å²) < 4.78 is 20.3. The number of fused-ring (bicyclic) bond motifs is 1. The molecule has 0 saturated carbocycles. The number of allylic oxidation sites excluding steroid dienone is 1. The van der Waals surface area contributed by atoms with Crippen molar-refractivity contribution in [2.75, 3.05) is 17.7 Å². The van der Waals surface area contributed by atoms with E-state index in [-0.39, 0.29) is 51.9 Å². The fourth-order valence-electron chi connectivity index (χ4n) is 3.96. The average Bonchev–Trinajstić information content (AvgIpc) is 2.90. The highest BCUT2D eigenvalue weighted by Crippen LogP contribution is 2.32. The minimum absolute atomic E-state index is 0.00846. The van der Waals surface area contributed by atoms with Gasteiger partial charge in [0.25, 0.3) is 0 Å². The molecule has 0 radical (unpaired) electrons. The summed E-state index contributed by atoms with van der Waals surface area (Å²) in [7, 11) is 0. The second kappa shape index (κ2) is 11.4. The number of para-hydroxylation sites is 1. The third kappa shape index (κ3) is 5.22. The quantitative estimate of drug-likeness (QED) is 0.245. The normalized spacial score (nSPS) is 12.6. The van der Waals surface area contributed by atoms with Crippen molar-refractivity contribution in [3.63, 3.8) is 0 Å². The van der Waals surface area contributed by atoms with Crippen molar-refractivity contribution < 1.29 is 8.81 Å². The molecule has 1 atom stereocenters. The fourth-order valence-corrected chi connectivity index (χ4v) is 3.96. The number of anilines is 2. The summed E-state index contributed by atoms with van der Waals surface area (Å²) >= 11 is 0. The van der Waals surface area contributed by atoms with Crippen LogP contribution in [0.1, 0.15) is 24.3 Å². The third-order valence-electron chi connectivity index (χ3n) is 5.67. The highest BCUT2D eigenvalue weighted by atomic mass is 19.1. The first kappa shape index (κ1) is 26.0. The first-order valence-electron chi connectivity index (χ1n) is 11.5. The molecule has 0 aliphatic carbocycles. The molecule has 0 fully saturated rings. The maximum atomic E-state index is 14.2. The molecule has 0 saturated heterocycles. The van der Waals surface area contributed by atoms with Gasteiger partial charge in [-0.2, -0.15) is 0 Å². The summed E-state index contributed by atoms with van der Waals surface area (Å²) in [6.07, 6.45) is 3.96. The average molecular weight is 513 g/mol. The molecule has 4 aromatic rings. The minimum atomic E-state index is -0.672. The summed E-state index contributed by atoms with van der Waals surface area (Å²) in [5.41, 5.74) is 12.6. The predicted molar refractivity (Wildman–Crippen MR) is 148 cm³/mol. The maximum Gasteiger partial charge on any atom is 0.200 e. The van der Waals surface area contributed by atoms with Crippen molar-refractivity contribution in [3.8, 4) is 11.1 Å². The Labute approximate surface area is 217 Å². The zero-order valence-electron chi connectivity index (χ0n) is 20.5. The number of aromatic nitrogens is 2. The van der Waals surface area contributed by atoms with Crippen LogP contribution in [0.5, 0.6) is 0 Å². The van der Waals surface area contributed by atoms with Gasteiger partial charge in [0.15, 0.2) is 0 Å². The van der Waals surface area contributed by atoms with Crippen molar-refractivity contribution in [3.05, 3.63) is 94.0 Å². The van der Waals surface area contributed by atoms with Crippen LogP contribution >= 0.6 is 0 Å². The molecule has 0 aliphatic heterocycles. The van der Waals surface area contributed by atoms with Gasteiger partial charge in [-0.05, 0) is 43.5 Å². The van der Waals surface area contributed by atoms with Gasteiger partial charge in [0.1, 0.15) is 35.1 Å². The van der Waals surface area contributed by atoms with Crippen molar-refractivity contribution in [1.82, 2.24) is 9.97 Å². The van der Waals surface area contributed by atoms with Crippen LogP contribution in [0.4, 0.5) is 16.0 Å². The zero-order chi connectivity index (χ0) is 27.2. The number of nitrogens with one attached hydrogen (secondary N) is 2. The molecule has 2 heterocycles. The molecule has 2 aromatic heterocycles. The topological polar surface area (TPSA) is 169 Å². The first-order valence-corrected chi connectivity index (χ1v) is 11.5. The number of rotatable bonds is 9. The van der Waals surface area contributed by atoms with Crippen LogP contribution in [0.3, 0.4) is 0 Å². The van der Waals surface area contributed by atoms with Gasteiger partial charge in [0.2, 0.25) is 5.43 Å². The minimum Gasteiger partial charge on any atom is -0.458 e. The van der Waals surface area contributed by atoms with Crippen molar-refractivity contribution in [1.29, 1.82) is 5.41 Å². The van der Waals surface area contributed by atoms with Crippen LogP contribution in [-0.2, 0) is 0 Å². The molecule has 192 valence electrons. The van der Waals surface area contributed by atoms with E-state index in [0.717, 1.165) is 0 Å². The van der Waals surface area contributed by atoms with Crippen molar-refractivity contribution >= 4 is 41.2 Å². The lowest BCUT2D eigenvalue weighted by atomic mass is 9.98. The fraction of sp³-hybridized carbons (Fsp3) is 0.111. The van der Waals surface area contributed by atoms with Gasteiger partial charge < -0.3 is 21.2 Å². The summed E-state index contributed by atoms with van der Waals surface area (Å²) in [5, 5.41) is 12.3. The molecule has 0 spiro atoms. The third-order valence-corrected chi connectivity index (χ3v) is 5.67. The van der Waals surface area contributed by atoms with Gasteiger partial charge in [0, 0.05) is 18.0 Å². The van der Waals surface area contributed by atoms with E-state index >= 15 is 0 Å². The van der Waals surface area contributed by atoms with Crippen LogP contribution in [-0.4, -0.2) is 35.3 Å². The zero-order valence-corrected chi connectivity index (χ0v) is 20.5. The number of nitrogens with zero attached hydrogens (tertiary/aromatic N) is 4. The Morgan fingerprint density at radius 1 is 1.26 bits per heavy atom. The summed E-state index contributed by atoms with van der Waals surface area (Å²) in [4.78, 5) is 29.6. The van der Waals surface area contributed by atoms with Crippen LogP contribution in [0.25, 0.3) is 22.1 Å². The van der Waals surface area contributed by atoms with Crippen LogP contribution < -0.4 is 22.2 Å². The summed E-state index contributed by atoms with van der Waals surface area (Å²) in [6, 6.07) is 11.9. The molecule has 0 amide bonds. The number of benzene rings is 2. The second-order valence-corrected chi connectivity index (χ2v) is 8.16. The first-order chi connectivity index (χ1) is 18.3. The Morgan fingerprint density at radius 3 is 2.79 bits per heavy atom. The standard InChI is InChI=1S/C27H25FN8O2/c1-15(36-27-22(26(31)34-14-35-27)23(30)17(11-32-2)12-33-13-29)25-21(16-6-5-7-18(28)10-16)24(37)19-8-3-4-9-20(19)38-25/h3-12,14-15,30H,2,13,29H2,1H3,(H3,31,34,35,36)/b17-11+,30-23?,33-12-. The van der Waals surface area contributed by atoms with E-state index in [1.807, 2.05) is 0 Å². The van der Waals surface area contributed by atoms with Crippen LogP contribution in [0, 0.1) is 11.2 Å². The Bertz CT molecular complexity index is 1640. The highest BCUT2D eigenvalue weighted by molar-refractivity contribution is 6.25. The molecular formula is C27H25FN8O2. The molecule has 1 unspecified atom stereocenters. The number of halogens is 1. The van der Waals surface area contributed by atoms with E-state index in [4.69, 9.17) is 21.3 Å². The van der Waals surface area contributed by atoms with Gasteiger partial charge in [-0.3, -0.25) is 20.2 Å². The van der Waals surface area contributed by atoms with Gasteiger partial charge in [-0.1, -0.05) is 24.3 Å². The van der Waals surface area contributed by atoms with Crippen molar-refractivity contribution in [2.45, 2.75) is 13.0 Å². The molecule has 0 bridgehead atoms. The second-order valence-electron chi connectivity index (χ2n) is 8.16. The number of nitrogens with two attached hydrogens (primary N) is 2. The lowest BCUT2D eigenvalue weighted by Crippen LogP contribution is -2.19. The smallest absolute Gasteiger partial charge is 0.200 e. The van der Waals surface area contributed by atoms with Crippen LogP contribution in [0.15, 0.2) is 85.8 Å². The lowest BCUT2D eigenvalue weighted by molar-refractivity contribution is 0.515. The molecule has 4 rings (SSSR count). The molecule has 6 N–H and O–H groups in total. The lowest BCUT2D eigenvalue weighted by Gasteiger charge is -2.20. The van der Waals surface area contributed by atoms with E-state index in [1.165, 1.54) is 36.9 Å². The summed E-state index contributed by atoms with van der Waals surface area (Å²) in [6.45, 7) is 5.19. The number of hydrogen-bond acceptors (Lipinski definition) is 10. The number of aliphatic imine (C=N–C) groups is 2. The van der Waals surface area contributed by atoms with E-state index in [9.17, 15) is 9.18 Å². The van der Waals surface area contributed by atoms with E-state index in [2.05, 4.69) is 32.0 Å². The van der Waals surface area contributed by atoms with Crippen LogP contribution in [0.2, 0.25) is 0 Å². The Kier molecular flexibility index (Phi) is 7.78. The van der Waals surface area contributed by atoms with E-state index < -0.39 is 11.9 Å². The Balaban J connectivity index is 1.85. The largest absolute Gasteiger partial charge is 0.458 e. The molecular weight excluding hydrogens is 487 g/mol. The molecule has 10 nitrogen and oxygen atoms in total. The van der Waals surface area contributed by atoms with E-state index in [0.29, 0.717) is 16.5 Å². The molecule has 11 heteroatoms. The Hall–Kier alpha value is -5.03. The monoisotopic (exact) mass is 512 g/mol. The SMILES string of the molecule is C=N/C=C(\C=N/CN)C(=N)c1c(N)ncnc1NC(C)c1oc2ccccc2c(=O)c1-c1cccc(F)c1. The van der Waals surface area contributed by atoms with Gasteiger partial charge in [-0.15, -0.1) is 0 Å². The summed E-state index contributed by atoms with van der Waals surface area (Å²) in [5.74, 6) is -0.00867. The van der Waals surface area contributed by atoms with E-state index in [1.54, 1.807) is 37.3 Å². The predicted octanol–water partition coefficient (Wildman–Crippen LogP) is 4.08. The van der Waals surface area contributed by atoms with Crippen molar-refractivity contribution in [2.24, 2.45) is 15.7 Å². The molecule has 2 aromatic carbocycles. The Morgan fingerprint density at radius 2 is 2.05 bits per heavy atom. The number of hydrogen-bond donors (Lipinski definition) is 4. The van der Waals surface area contributed by atoms with Gasteiger partial charge in [-0.25, -0.2) is 14.4 Å².